The van der Waals surface area contributed by atoms with Crippen LogP contribution in [0.3, 0.4) is 0 Å². The van der Waals surface area contributed by atoms with Crippen LogP contribution in [0.5, 0.6) is 5.75 Å². The number of carbonyl (C=O) groups excluding carboxylic acids is 1. The molecule has 0 bridgehead atoms. The molecule has 152 valence electrons. The van der Waals surface area contributed by atoms with Gasteiger partial charge in [0.1, 0.15) is 17.4 Å². The van der Waals surface area contributed by atoms with E-state index in [0.717, 1.165) is 17.0 Å². The largest absolute Gasteiger partial charge is 0.486 e. The van der Waals surface area contributed by atoms with Gasteiger partial charge in [0.2, 0.25) is 0 Å². The maximum Gasteiger partial charge on any atom is 0.417 e. The zero-order valence-electron chi connectivity index (χ0n) is 15.3. The van der Waals surface area contributed by atoms with E-state index in [4.69, 9.17) is 9.15 Å². The number of halogens is 4. The molecule has 1 heterocycles. The van der Waals surface area contributed by atoms with Crippen LogP contribution in [0.2, 0.25) is 0 Å². The molecule has 1 aromatic heterocycles. The van der Waals surface area contributed by atoms with Crippen LogP contribution in [-0.4, -0.2) is 13.1 Å². The van der Waals surface area contributed by atoms with Gasteiger partial charge in [-0.15, -0.1) is 0 Å². The molecule has 8 heteroatoms. The smallest absolute Gasteiger partial charge is 0.417 e. The Balaban J connectivity index is 1.58. The summed E-state index contributed by atoms with van der Waals surface area (Å²) in [4.78, 5) is 11.5. The van der Waals surface area contributed by atoms with Crippen LogP contribution < -0.4 is 4.74 Å². The molecular formula is C21H16BrF3O4. The highest BCUT2D eigenvalue weighted by molar-refractivity contribution is 9.10. The number of carbonyl (C=O) groups is 1. The molecule has 4 rings (SSSR count). The van der Waals surface area contributed by atoms with Gasteiger partial charge in [-0.05, 0) is 58.1 Å². The van der Waals surface area contributed by atoms with E-state index in [1.807, 2.05) is 0 Å². The summed E-state index contributed by atoms with van der Waals surface area (Å²) in [6.07, 6.45) is -2.05. The van der Waals surface area contributed by atoms with E-state index in [-0.39, 0.29) is 23.0 Å². The number of benzene rings is 2. The van der Waals surface area contributed by atoms with E-state index in [9.17, 15) is 18.0 Å². The Morgan fingerprint density at radius 1 is 1.28 bits per heavy atom. The number of hydrogen-bond acceptors (Lipinski definition) is 4. The summed E-state index contributed by atoms with van der Waals surface area (Å²) in [6.45, 7) is 0. The fraction of sp³-hybridized carbons (Fsp3) is 0.286. The van der Waals surface area contributed by atoms with Crippen molar-refractivity contribution in [3.63, 3.8) is 0 Å². The van der Waals surface area contributed by atoms with Gasteiger partial charge >= 0.3 is 12.1 Å². The number of ether oxygens (including phenoxy) is 2. The van der Waals surface area contributed by atoms with Gasteiger partial charge in [0.05, 0.1) is 25.4 Å². The van der Waals surface area contributed by atoms with Crippen LogP contribution in [-0.2, 0) is 28.5 Å². The average Bonchev–Trinajstić information content (AvgIpc) is 3.26. The van der Waals surface area contributed by atoms with Crippen molar-refractivity contribution in [2.24, 2.45) is 0 Å². The summed E-state index contributed by atoms with van der Waals surface area (Å²) >= 11 is 3.11. The predicted octanol–water partition coefficient (Wildman–Crippen LogP) is 6.00. The Kier molecular flexibility index (Phi) is 5.06. The van der Waals surface area contributed by atoms with E-state index in [1.54, 1.807) is 18.2 Å². The summed E-state index contributed by atoms with van der Waals surface area (Å²) in [7, 11) is 1.33. The zero-order valence-corrected chi connectivity index (χ0v) is 16.9. The minimum absolute atomic E-state index is 0.0857. The van der Waals surface area contributed by atoms with Crippen molar-refractivity contribution in [1.29, 1.82) is 0 Å². The Morgan fingerprint density at radius 3 is 2.79 bits per heavy atom. The molecule has 0 aliphatic heterocycles. The summed E-state index contributed by atoms with van der Waals surface area (Å²) < 4.78 is 55.7. The fourth-order valence-electron chi connectivity index (χ4n) is 3.63. The first-order valence-corrected chi connectivity index (χ1v) is 9.69. The molecule has 29 heavy (non-hydrogen) atoms. The molecule has 1 aliphatic carbocycles. The molecule has 0 radical (unpaired) electrons. The fourth-order valence-corrected chi connectivity index (χ4v) is 4.41. The van der Waals surface area contributed by atoms with Gasteiger partial charge in [0.25, 0.3) is 0 Å². The first-order chi connectivity index (χ1) is 13.8. The molecule has 1 atom stereocenters. The van der Waals surface area contributed by atoms with Crippen molar-refractivity contribution in [2.45, 2.75) is 31.5 Å². The predicted molar refractivity (Wildman–Crippen MR) is 103 cm³/mol. The van der Waals surface area contributed by atoms with Gasteiger partial charge < -0.3 is 13.9 Å². The first kappa shape index (κ1) is 19.8. The van der Waals surface area contributed by atoms with Gasteiger partial charge in [-0.25, -0.2) is 0 Å². The number of esters is 1. The molecule has 0 fully saturated rings. The molecular weight excluding hydrogens is 453 g/mol. The molecule has 0 N–H and O–H groups in total. The number of fused-ring (bicyclic) bond motifs is 2. The highest BCUT2D eigenvalue weighted by Crippen LogP contribution is 2.44. The lowest BCUT2D eigenvalue weighted by atomic mass is 10.1. The zero-order chi connectivity index (χ0) is 20.8. The Bertz CT molecular complexity index is 1090. The summed E-state index contributed by atoms with van der Waals surface area (Å²) in [5.74, 6) is 0.185. The highest BCUT2D eigenvalue weighted by Gasteiger charge is 2.37. The van der Waals surface area contributed by atoms with Crippen LogP contribution in [0.4, 0.5) is 13.2 Å². The van der Waals surface area contributed by atoms with Crippen LogP contribution in [0, 0.1) is 0 Å². The molecule has 0 saturated carbocycles. The van der Waals surface area contributed by atoms with Crippen molar-refractivity contribution in [2.75, 3.05) is 7.11 Å². The summed E-state index contributed by atoms with van der Waals surface area (Å²) in [6, 6.07) is 7.84. The standard InChI is InChI=1S/C21H16BrF3O4/c1-27-19(26)8-11-10-28-18-9-12(2-3-13(11)18)29-17-7-5-15-14(17)4-6-16(20(15)22)21(23,24)25/h2-4,6,9-10,17H,5,7-8H2,1H3/t17-/m1/s1. The molecule has 0 saturated heterocycles. The van der Waals surface area contributed by atoms with Crippen molar-refractivity contribution < 1.29 is 31.9 Å². The topological polar surface area (TPSA) is 48.7 Å². The van der Waals surface area contributed by atoms with E-state index in [1.165, 1.54) is 19.4 Å². The normalized spacial score (nSPS) is 16.1. The van der Waals surface area contributed by atoms with Crippen molar-refractivity contribution >= 4 is 32.9 Å². The van der Waals surface area contributed by atoms with Gasteiger partial charge in [-0.2, -0.15) is 13.2 Å². The SMILES string of the molecule is COC(=O)Cc1coc2cc(O[C@@H]3CCc4c3ccc(C(F)(F)F)c4Br)ccc12. The number of alkyl halides is 3. The van der Waals surface area contributed by atoms with Crippen molar-refractivity contribution in [1.82, 2.24) is 0 Å². The molecule has 3 aromatic rings. The third kappa shape index (κ3) is 3.73. The quantitative estimate of drug-likeness (QED) is 0.440. The van der Waals surface area contributed by atoms with E-state index >= 15 is 0 Å². The number of furan rings is 1. The minimum atomic E-state index is -4.40. The van der Waals surface area contributed by atoms with Gasteiger partial charge in [0.15, 0.2) is 0 Å². The van der Waals surface area contributed by atoms with E-state index in [0.29, 0.717) is 35.3 Å². The van der Waals surface area contributed by atoms with Crippen LogP contribution >= 0.6 is 15.9 Å². The van der Waals surface area contributed by atoms with Gasteiger partial charge in [-0.1, -0.05) is 6.07 Å². The Labute approximate surface area is 172 Å². The van der Waals surface area contributed by atoms with E-state index in [2.05, 4.69) is 20.7 Å². The number of rotatable bonds is 4. The lowest BCUT2D eigenvalue weighted by Crippen LogP contribution is -2.09. The minimum Gasteiger partial charge on any atom is -0.486 e. The molecule has 1 aliphatic rings. The van der Waals surface area contributed by atoms with Crippen LogP contribution in [0.25, 0.3) is 11.0 Å². The average molecular weight is 469 g/mol. The number of methoxy groups -OCH3 is 1. The molecule has 4 nitrogen and oxygen atoms in total. The van der Waals surface area contributed by atoms with Gasteiger partial charge in [-0.3, -0.25) is 4.79 Å². The van der Waals surface area contributed by atoms with Crippen molar-refractivity contribution in [3.8, 4) is 5.75 Å². The highest BCUT2D eigenvalue weighted by atomic mass is 79.9. The van der Waals surface area contributed by atoms with E-state index < -0.39 is 11.7 Å². The molecule has 0 unspecified atom stereocenters. The van der Waals surface area contributed by atoms with Crippen LogP contribution in [0.15, 0.2) is 45.5 Å². The second-order valence-electron chi connectivity index (χ2n) is 6.81. The van der Waals surface area contributed by atoms with Gasteiger partial charge in [0, 0.05) is 21.5 Å². The van der Waals surface area contributed by atoms with Crippen LogP contribution in [0.1, 0.15) is 34.8 Å². The Hall–Kier alpha value is -2.48. The third-order valence-corrected chi connectivity index (χ3v) is 5.96. The Morgan fingerprint density at radius 2 is 2.07 bits per heavy atom. The summed E-state index contributed by atoms with van der Waals surface area (Å²) in [5.41, 5.74) is 1.98. The lowest BCUT2D eigenvalue weighted by molar-refractivity contribution is -0.140. The first-order valence-electron chi connectivity index (χ1n) is 8.90. The molecule has 2 aromatic carbocycles. The second-order valence-corrected chi connectivity index (χ2v) is 7.60. The van der Waals surface area contributed by atoms with Crippen molar-refractivity contribution in [3.05, 3.63) is 63.3 Å². The molecule has 0 spiro atoms. The summed E-state index contributed by atoms with van der Waals surface area (Å²) in [5, 5.41) is 0.784. The third-order valence-electron chi connectivity index (χ3n) is 5.06. The lowest BCUT2D eigenvalue weighted by Gasteiger charge is -2.17. The monoisotopic (exact) mass is 468 g/mol. The maximum atomic E-state index is 13.1. The molecule has 0 amide bonds. The second kappa shape index (κ2) is 7.40. The number of hydrogen-bond donors (Lipinski definition) is 0. The maximum absolute atomic E-state index is 13.1.